The van der Waals surface area contributed by atoms with Crippen LogP contribution in [0.4, 0.5) is 0 Å². The van der Waals surface area contributed by atoms with Crippen molar-refractivity contribution in [3.05, 3.63) is 18.0 Å². The van der Waals surface area contributed by atoms with Crippen LogP contribution in [0.3, 0.4) is 0 Å². The van der Waals surface area contributed by atoms with Crippen LogP contribution in [-0.2, 0) is 6.42 Å². The molecule has 1 saturated carbocycles. The van der Waals surface area contributed by atoms with Crippen molar-refractivity contribution in [3.8, 4) is 5.88 Å². The lowest BCUT2D eigenvalue weighted by Crippen LogP contribution is -2.03. The van der Waals surface area contributed by atoms with Crippen LogP contribution >= 0.6 is 0 Å². The van der Waals surface area contributed by atoms with Gasteiger partial charge in [0.05, 0.1) is 0 Å². The molecule has 0 radical (unpaired) electrons. The Labute approximate surface area is 87.1 Å². The van der Waals surface area contributed by atoms with E-state index in [4.69, 9.17) is 4.74 Å². The Bertz CT molecular complexity index is 489. The minimum absolute atomic E-state index is 0.372. The highest BCUT2D eigenvalue weighted by atomic mass is 16.5. The molecular weight excluding hydrogens is 192 g/mol. The average molecular weight is 204 g/mol. The summed E-state index contributed by atoms with van der Waals surface area (Å²) in [5.74, 6) is 1.53. The molecule has 0 unspecified atom stereocenters. The van der Waals surface area contributed by atoms with Gasteiger partial charge in [0.25, 0.3) is 0 Å². The molecule has 15 heavy (non-hydrogen) atoms. The fourth-order valence-electron chi connectivity index (χ4n) is 1.46. The summed E-state index contributed by atoms with van der Waals surface area (Å²) >= 11 is 0. The Kier molecular flexibility index (Phi) is 1.83. The van der Waals surface area contributed by atoms with Gasteiger partial charge in [-0.05, 0) is 18.9 Å². The smallest absolute Gasteiger partial charge is 0.232 e. The maximum absolute atomic E-state index is 5.61. The summed E-state index contributed by atoms with van der Waals surface area (Å²) in [4.78, 5) is 0. The van der Waals surface area contributed by atoms with Crippen molar-refractivity contribution in [1.82, 2.24) is 19.8 Å². The molecule has 0 spiro atoms. The number of nitrogens with zero attached hydrogens (tertiary/aromatic N) is 4. The molecular formula is C10H12N4O. The molecule has 5 heteroatoms. The number of aryl methyl sites for hydroxylation is 1. The Morgan fingerprint density at radius 1 is 1.40 bits per heavy atom. The van der Waals surface area contributed by atoms with Gasteiger partial charge < -0.3 is 4.74 Å². The average Bonchev–Trinajstić information content (AvgIpc) is 2.97. The van der Waals surface area contributed by atoms with E-state index in [1.54, 1.807) is 4.52 Å². The van der Waals surface area contributed by atoms with Crippen LogP contribution in [0.15, 0.2) is 12.1 Å². The Hall–Kier alpha value is -1.65. The van der Waals surface area contributed by atoms with Gasteiger partial charge in [-0.3, -0.25) is 0 Å². The van der Waals surface area contributed by atoms with Gasteiger partial charge in [-0.1, -0.05) is 6.92 Å². The summed E-state index contributed by atoms with van der Waals surface area (Å²) in [6.07, 6.45) is 3.48. The van der Waals surface area contributed by atoms with Crippen molar-refractivity contribution >= 4 is 5.65 Å². The minimum atomic E-state index is 0.372. The van der Waals surface area contributed by atoms with E-state index in [1.165, 1.54) is 0 Å². The zero-order valence-electron chi connectivity index (χ0n) is 8.55. The van der Waals surface area contributed by atoms with Gasteiger partial charge >= 0.3 is 0 Å². The lowest BCUT2D eigenvalue weighted by molar-refractivity contribution is 0.286. The third-order valence-electron chi connectivity index (χ3n) is 2.43. The standard InChI is InChI=1S/C10H12N4O/c1-2-8-11-12-9-5-6-10(13-14(8)9)15-7-3-4-7/h5-7H,2-4H2,1H3. The number of aromatic nitrogens is 4. The van der Waals surface area contributed by atoms with Crippen LogP contribution < -0.4 is 4.74 Å². The maximum atomic E-state index is 5.61. The number of fused-ring (bicyclic) bond motifs is 1. The zero-order valence-corrected chi connectivity index (χ0v) is 8.55. The molecule has 1 fully saturated rings. The summed E-state index contributed by atoms with van der Waals surface area (Å²) in [6, 6.07) is 3.73. The van der Waals surface area contributed by atoms with Gasteiger partial charge in [-0.15, -0.1) is 15.3 Å². The molecule has 0 N–H and O–H groups in total. The van der Waals surface area contributed by atoms with Crippen molar-refractivity contribution < 1.29 is 4.74 Å². The lowest BCUT2D eigenvalue weighted by Gasteiger charge is -2.03. The Morgan fingerprint density at radius 3 is 3.00 bits per heavy atom. The maximum Gasteiger partial charge on any atom is 0.232 e. The highest BCUT2D eigenvalue weighted by molar-refractivity contribution is 5.37. The number of rotatable bonds is 3. The Balaban J connectivity index is 2.01. The van der Waals surface area contributed by atoms with Crippen molar-refractivity contribution in [2.45, 2.75) is 32.3 Å². The monoisotopic (exact) mass is 204 g/mol. The normalized spacial score (nSPS) is 15.8. The third-order valence-corrected chi connectivity index (χ3v) is 2.43. The molecule has 0 saturated heterocycles. The van der Waals surface area contributed by atoms with Gasteiger partial charge in [0.15, 0.2) is 11.5 Å². The van der Waals surface area contributed by atoms with E-state index < -0.39 is 0 Å². The minimum Gasteiger partial charge on any atom is -0.473 e. The predicted molar refractivity (Wildman–Crippen MR) is 53.8 cm³/mol. The van der Waals surface area contributed by atoms with Crippen LogP contribution in [-0.4, -0.2) is 25.9 Å². The number of hydrogen-bond acceptors (Lipinski definition) is 4. The molecule has 2 aromatic heterocycles. The first kappa shape index (κ1) is 8.64. The van der Waals surface area contributed by atoms with Gasteiger partial charge in [0, 0.05) is 12.5 Å². The zero-order chi connectivity index (χ0) is 10.3. The molecule has 0 aliphatic heterocycles. The van der Waals surface area contributed by atoms with Gasteiger partial charge in [0.2, 0.25) is 5.88 Å². The fraction of sp³-hybridized carbons (Fsp3) is 0.500. The molecule has 0 aromatic carbocycles. The summed E-state index contributed by atoms with van der Waals surface area (Å²) in [5.41, 5.74) is 0.773. The quantitative estimate of drug-likeness (QED) is 0.754. The molecule has 3 rings (SSSR count). The molecule has 0 amide bonds. The summed E-state index contributed by atoms with van der Waals surface area (Å²) in [6.45, 7) is 2.03. The first-order valence-electron chi connectivity index (χ1n) is 5.25. The van der Waals surface area contributed by atoms with Crippen LogP contribution in [0.1, 0.15) is 25.6 Å². The second kappa shape index (κ2) is 3.18. The van der Waals surface area contributed by atoms with E-state index in [2.05, 4.69) is 15.3 Å². The number of hydrogen-bond donors (Lipinski definition) is 0. The van der Waals surface area contributed by atoms with E-state index in [9.17, 15) is 0 Å². The molecule has 2 heterocycles. The van der Waals surface area contributed by atoms with Crippen LogP contribution in [0.5, 0.6) is 5.88 Å². The number of ether oxygens (including phenoxy) is 1. The Morgan fingerprint density at radius 2 is 2.27 bits per heavy atom. The first-order valence-corrected chi connectivity index (χ1v) is 5.25. The molecule has 78 valence electrons. The molecule has 1 aliphatic rings. The highest BCUT2D eigenvalue weighted by Crippen LogP contribution is 2.25. The van der Waals surface area contributed by atoms with Gasteiger partial charge in [0.1, 0.15) is 6.10 Å². The van der Waals surface area contributed by atoms with Gasteiger partial charge in [-0.2, -0.15) is 4.52 Å². The second-order valence-corrected chi connectivity index (χ2v) is 3.73. The first-order chi connectivity index (χ1) is 7.36. The summed E-state index contributed by atoms with van der Waals surface area (Å²) in [7, 11) is 0. The van der Waals surface area contributed by atoms with Crippen LogP contribution in [0, 0.1) is 0 Å². The molecule has 1 aliphatic carbocycles. The largest absolute Gasteiger partial charge is 0.473 e. The summed E-state index contributed by atoms with van der Waals surface area (Å²) < 4.78 is 7.36. The molecule has 5 nitrogen and oxygen atoms in total. The van der Waals surface area contributed by atoms with E-state index in [1.807, 2.05) is 19.1 Å². The predicted octanol–water partition coefficient (Wildman–Crippen LogP) is 1.23. The van der Waals surface area contributed by atoms with Crippen molar-refractivity contribution in [1.29, 1.82) is 0 Å². The molecule has 0 bridgehead atoms. The third kappa shape index (κ3) is 1.54. The van der Waals surface area contributed by atoms with Crippen molar-refractivity contribution in [2.75, 3.05) is 0 Å². The molecule has 0 atom stereocenters. The van der Waals surface area contributed by atoms with Gasteiger partial charge in [-0.25, -0.2) is 0 Å². The lowest BCUT2D eigenvalue weighted by atomic mass is 10.4. The summed E-state index contributed by atoms with van der Waals surface area (Å²) in [5, 5.41) is 12.4. The van der Waals surface area contributed by atoms with E-state index in [0.717, 1.165) is 30.7 Å². The second-order valence-electron chi connectivity index (χ2n) is 3.73. The SMILES string of the molecule is CCc1nnc2ccc(OC3CC3)nn12. The van der Waals surface area contributed by atoms with E-state index in [-0.39, 0.29) is 0 Å². The van der Waals surface area contributed by atoms with Crippen LogP contribution in [0.25, 0.3) is 5.65 Å². The van der Waals surface area contributed by atoms with E-state index in [0.29, 0.717) is 12.0 Å². The van der Waals surface area contributed by atoms with Crippen LogP contribution in [0.2, 0.25) is 0 Å². The van der Waals surface area contributed by atoms with Crippen molar-refractivity contribution in [2.24, 2.45) is 0 Å². The molecule has 2 aromatic rings. The topological polar surface area (TPSA) is 52.3 Å². The fourth-order valence-corrected chi connectivity index (χ4v) is 1.46. The van der Waals surface area contributed by atoms with E-state index >= 15 is 0 Å². The highest BCUT2D eigenvalue weighted by Gasteiger charge is 2.24. The van der Waals surface area contributed by atoms with Crippen molar-refractivity contribution in [3.63, 3.8) is 0 Å².